The number of nitrogens with two attached hydrogens (primary N) is 1. The second-order valence-electron chi connectivity index (χ2n) is 4.00. The van der Waals surface area contributed by atoms with Crippen molar-refractivity contribution in [2.75, 3.05) is 5.73 Å². The van der Waals surface area contributed by atoms with Crippen molar-refractivity contribution in [1.82, 2.24) is 9.55 Å². The Balaban J connectivity index is 2.53. The number of hydrogen-bond acceptors (Lipinski definition) is 3. The number of aryl methyl sites for hydroxylation is 1. The van der Waals surface area contributed by atoms with Crippen molar-refractivity contribution >= 4 is 5.82 Å². The summed E-state index contributed by atoms with van der Waals surface area (Å²) < 4.78 is 42.6. The van der Waals surface area contributed by atoms with Gasteiger partial charge in [0.05, 0.1) is 0 Å². The summed E-state index contributed by atoms with van der Waals surface area (Å²) in [5.41, 5.74) is 6.32. The number of aromatic nitrogens is 2. The predicted octanol–water partition coefficient (Wildman–Crippen LogP) is 2.88. The second-order valence-corrected chi connectivity index (χ2v) is 4.00. The van der Waals surface area contributed by atoms with Gasteiger partial charge >= 0.3 is 6.36 Å². The van der Waals surface area contributed by atoms with Gasteiger partial charge in [-0.3, -0.25) is 0 Å². The number of anilines is 1. The molecule has 4 nitrogen and oxygen atoms in total. The lowest BCUT2D eigenvalue weighted by molar-refractivity contribution is -0.274. The van der Waals surface area contributed by atoms with E-state index < -0.39 is 6.36 Å². The number of benzene rings is 1. The standard InChI is InChI=1S/C12H12F3N3O/c1-7-17-10(11(16)18(7)2)8-5-3-4-6-9(8)19-12(13,14)15/h3-6H,16H2,1-2H3. The molecule has 19 heavy (non-hydrogen) atoms. The SMILES string of the molecule is Cc1nc(-c2ccccc2OC(F)(F)F)c(N)n1C. The van der Waals surface area contributed by atoms with Crippen LogP contribution >= 0.6 is 0 Å². The van der Waals surface area contributed by atoms with Gasteiger partial charge < -0.3 is 15.0 Å². The zero-order valence-corrected chi connectivity index (χ0v) is 10.3. The van der Waals surface area contributed by atoms with Crippen LogP contribution in [0.25, 0.3) is 11.3 Å². The zero-order chi connectivity index (χ0) is 14.2. The number of para-hydroxylation sites is 1. The monoisotopic (exact) mass is 271 g/mol. The number of nitrogen functional groups attached to an aromatic ring is 1. The average Bonchev–Trinajstić information content (AvgIpc) is 2.56. The van der Waals surface area contributed by atoms with Gasteiger partial charge in [-0.15, -0.1) is 13.2 Å². The van der Waals surface area contributed by atoms with E-state index in [1.165, 1.54) is 18.2 Å². The van der Waals surface area contributed by atoms with Gasteiger partial charge in [-0.1, -0.05) is 12.1 Å². The molecule has 0 aliphatic heterocycles. The minimum Gasteiger partial charge on any atom is -0.405 e. The quantitative estimate of drug-likeness (QED) is 0.913. The van der Waals surface area contributed by atoms with Crippen LogP contribution in [0.3, 0.4) is 0 Å². The summed E-state index contributed by atoms with van der Waals surface area (Å²) in [5, 5.41) is 0. The molecule has 0 radical (unpaired) electrons. The fourth-order valence-electron chi connectivity index (χ4n) is 1.70. The molecule has 0 amide bonds. The van der Waals surface area contributed by atoms with E-state index in [-0.39, 0.29) is 22.8 Å². The summed E-state index contributed by atoms with van der Waals surface area (Å²) in [5.74, 6) is 0.574. The lowest BCUT2D eigenvalue weighted by atomic mass is 10.1. The third-order valence-corrected chi connectivity index (χ3v) is 2.73. The van der Waals surface area contributed by atoms with E-state index in [0.29, 0.717) is 5.82 Å². The molecule has 0 atom stereocenters. The number of nitrogens with zero attached hydrogens (tertiary/aromatic N) is 2. The first kappa shape index (κ1) is 13.3. The second kappa shape index (κ2) is 4.49. The number of rotatable bonds is 2. The molecule has 0 saturated carbocycles. The predicted molar refractivity (Wildman–Crippen MR) is 64.5 cm³/mol. The minimum atomic E-state index is -4.76. The maximum atomic E-state index is 12.3. The van der Waals surface area contributed by atoms with Crippen LogP contribution in [0.15, 0.2) is 24.3 Å². The number of halogens is 3. The lowest BCUT2D eigenvalue weighted by Gasteiger charge is -2.12. The van der Waals surface area contributed by atoms with Crippen LogP contribution < -0.4 is 10.5 Å². The molecule has 1 heterocycles. The molecule has 1 aromatic carbocycles. The van der Waals surface area contributed by atoms with Crippen molar-refractivity contribution in [3.05, 3.63) is 30.1 Å². The van der Waals surface area contributed by atoms with Crippen molar-refractivity contribution in [2.45, 2.75) is 13.3 Å². The van der Waals surface area contributed by atoms with Gasteiger partial charge in [-0.25, -0.2) is 4.98 Å². The zero-order valence-electron chi connectivity index (χ0n) is 10.3. The molecular formula is C12H12F3N3O. The molecule has 2 aromatic rings. The highest BCUT2D eigenvalue weighted by Gasteiger charge is 2.32. The molecule has 0 unspecified atom stereocenters. The van der Waals surface area contributed by atoms with Crippen molar-refractivity contribution in [3.8, 4) is 17.0 Å². The third kappa shape index (κ3) is 2.64. The number of alkyl halides is 3. The Labute approximate surface area is 107 Å². The van der Waals surface area contributed by atoms with Crippen LogP contribution in [-0.2, 0) is 7.05 Å². The number of imidazole rings is 1. The van der Waals surface area contributed by atoms with Crippen molar-refractivity contribution in [2.24, 2.45) is 7.05 Å². The molecule has 0 aliphatic carbocycles. The summed E-state index contributed by atoms with van der Waals surface area (Å²) in [4.78, 5) is 4.16. The molecule has 0 spiro atoms. The van der Waals surface area contributed by atoms with E-state index in [1.807, 2.05) is 0 Å². The van der Waals surface area contributed by atoms with E-state index in [1.54, 1.807) is 24.6 Å². The smallest absolute Gasteiger partial charge is 0.405 e. The van der Waals surface area contributed by atoms with E-state index in [2.05, 4.69) is 9.72 Å². The molecule has 102 valence electrons. The fraction of sp³-hybridized carbons (Fsp3) is 0.250. The van der Waals surface area contributed by atoms with Gasteiger partial charge in [-0.2, -0.15) is 0 Å². The van der Waals surface area contributed by atoms with Gasteiger partial charge in [-0.05, 0) is 19.1 Å². The number of hydrogen-bond donors (Lipinski definition) is 1. The van der Waals surface area contributed by atoms with Crippen LogP contribution in [0.1, 0.15) is 5.82 Å². The third-order valence-electron chi connectivity index (χ3n) is 2.73. The molecule has 0 saturated heterocycles. The van der Waals surface area contributed by atoms with Crippen LogP contribution in [0.5, 0.6) is 5.75 Å². The van der Waals surface area contributed by atoms with Crippen molar-refractivity contribution < 1.29 is 17.9 Å². The summed E-state index contributed by atoms with van der Waals surface area (Å²) in [6.45, 7) is 1.72. The van der Waals surface area contributed by atoms with E-state index in [4.69, 9.17) is 5.73 Å². The Morgan fingerprint density at radius 1 is 1.26 bits per heavy atom. The highest BCUT2D eigenvalue weighted by molar-refractivity contribution is 5.76. The maximum Gasteiger partial charge on any atom is 0.573 e. The van der Waals surface area contributed by atoms with Gasteiger partial charge in [0.1, 0.15) is 23.1 Å². The molecule has 0 bridgehead atoms. The Hall–Kier alpha value is -2.18. The summed E-state index contributed by atoms with van der Waals surface area (Å²) in [7, 11) is 1.69. The Morgan fingerprint density at radius 2 is 1.89 bits per heavy atom. The van der Waals surface area contributed by atoms with Crippen molar-refractivity contribution in [1.29, 1.82) is 0 Å². The fourth-order valence-corrected chi connectivity index (χ4v) is 1.70. The van der Waals surface area contributed by atoms with Gasteiger partial charge in [0.2, 0.25) is 0 Å². The maximum absolute atomic E-state index is 12.3. The summed E-state index contributed by atoms with van der Waals surface area (Å²) in [6, 6.07) is 5.77. The average molecular weight is 271 g/mol. The van der Waals surface area contributed by atoms with Gasteiger partial charge in [0, 0.05) is 12.6 Å². The molecular weight excluding hydrogens is 259 g/mol. The summed E-state index contributed by atoms with van der Waals surface area (Å²) in [6.07, 6.45) is -4.76. The largest absolute Gasteiger partial charge is 0.573 e. The highest BCUT2D eigenvalue weighted by Crippen LogP contribution is 2.35. The van der Waals surface area contributed by atoms with Crippen LogP contribution in [-0.4, -0.2) is 15.9 Å². The Bertz CT molecular complexity index is 605. The van der Waals surface area contributed by atoms with E-state index in [0.717, 1.165) is 0 Å². The van der Waals surface area contributed by atoms with Gasteiger partial charge in [0.25, 0.3) is 0 Å². The van der Waals surface area contributed by atoms with Gasteiger partial charge in [0.15, 0.2) is 0 Å². The van der Waals surface area contributed by atoms with Crippen LogP contribution in [0.2, 0.25) is 0 Å². The molecule has 1 aromatic heterocycles. The Kier molecular flexibility index (Phi) is 3.13. The van der Waals surface area contributed by atoms with Crippen LogP contribution in [0, 0.1) is 6.92 Å². The summed E-state index contributed by atoms with van der Waals surface area (Å²) >= 11 is 0. The molecule has 0 fully saturated rings. The molecule has 2 rings (SSSR count). The molecule has 7 heteroatoms. The first-order chi connectivity index (χ1) is 8.79. The number of ether oxygens (including phenoxy) is 1. The van der Waals surface area contributed by atoms with Crippen molar-refractivity contribution in [3.63, 3.8) is 0 Å². The molecule has 0 aliphatic rings. The first-order valence-electron chi connectivity index (χ1n) is 5.43. The topological polar surface area (TPSA) is 53.1 Å². The lowest BCUT2D eigenvalue weighted by Crippen LogP contribution is -2.17. The highest BCUT2D eigenvalue weighted by atomic mass is 19.4. The van der Waals surface area contributed by atoms with E-state index in [9.17, 15) is 13.2 Å². The minimum absolute atomic E-state index is 0.209. The Morgan fingerprint density at radius 3 is 2.42 bits per heavy atom. The van der Waals surface area contributed by atoms with Crippen LogP contribution in [0.4, 0.5) is 19.0 Å². The van der Waals surface area contributed by atoms with E-state index >= 15 is 0 Å². The normalized spacial score (nSPS) is 11.6. The molecule has 2 N–H and O–H groups in total. The first-order valence-corrected chi connectivity index (χ1v) is 5.43.